The largest absolute Gasteiger partial charge is 0.381 e. The number of rotatable bonds is 13. The molecule has 0 bridgehead atoms. The standard InChI is InChI=1S/C12H26O.C6H10O2/c1-3-5-7-9-11-13-12-10-8-6-4-2;1-5(7)3-4-6(2)8/h3-12H2,1-2H3;3-4H2,1-2H3. The van der Waals surface area contributed by atoms with Crippen molar-refractivity contribution in [2.75, 3.05) is 13.2 Å². The molecule has 0 rings (SSSR count). The van der Waals surface area contributed by atoms with Crippen LogP contribution in [0.3, 0.4) is 0 Å². The van der Waals surface area contributed by atoms with Crippen molar-refractivity contribution < 1.29 is 14.3 Å². The lowest BCUT2D eigenvalue weighted by Gasteiger charge is -2.03. The van der Waals surface area contributed by atoms with Gasteiger partial charge >= 0.3 is 0 Å². The molecule has 0 spiro atoms. The Kier molecular flexibility index (Phi) is 20.8. The number of ketones is 2. The molecule has 0 fully saturated rings. The summed E-state index contributed by atoms with van der Waals surface area (Å²) < 4.78 is 5.53. The highest BCUT2D eigenvalue weighted by Gasteiger charge is 1.95. The monoisotopic (exact) mass is 300 g/mol. The van der Waals surface area contributed by atoms with Gasteiger partial charge in [0.25, 0.3) is 0 Å². The molecule has 126 valence electrons. The second-order valence-electron chi connectivity index (χ2n) is 5.64. The Morgan fingerprint density at radius 1 is 0.667 bits per heavy atom. The van der Waals surface area contributed by atoms with Crippen molar-refractivity contribution >= 4 is 11.6 Å². The molecule has 0 atom stereocenters. The van der Waals surface area contributed by atoms with Gasteiger partial charge in [-0.3, -0.25) is 0 Å². The number of hydrogen-bond donors (Lipinski definition) is 0. The van der Waals surface area contributed by atoms with Crippen LogP contribution in [0.15, 0.2) is 0 Å². The first-order valence-electron chi connectivity index (χ1n) is 8.61. The second-order valence-corrected chi connectivity index (χ2v) is 5.64. The van der Waals surface area contributed by atoms with Gasteiger partial charge in [0.1, 0.15) is 11.6 Å². The summed E-state index contributed by atoms with van der Waals surface area (Å²) in [6.45, 7) is 9.42. The zero-order valence-corrected chi connectivity index (χ0v) is 14.7. The van der Waals surface area contributed by atoms with E-state index in [-0.39, 0.29) is 11.6 Å². The molecule has 0 aliphatic carbocycles. The summed E-state index contributed by atoms with van der Waals surface area (Å²) in [5.74, 6) is 0.167. The van der Waals surface area contributed by atoms with Crippen LogP contribution in [0, 0.1) is 0 Å². The van der Waals surface area contributed by atoms with Crippen molar-refractivity contribution in [3.63, 3.8) is 0 Å². The van der Waals surface area contributed by atoms with Crippen molar-refractivity contribution in [3.05, 3.63) is 0 Å². The van der Waals surface area contributed by atoms with Gasteiger partial charge in [0.2, 0.25) is 0 Å². The molecular formula is C18H36O3. The molecule has 0 amide bonds. The topological polar surface area (TPSA) is 43.4 Å². The molecule has 0 aromatic carbocycles. The third-order valence-electron chi connectivity index (χ3n) is 3.11. The Hall–Kier alpha value is -0.700. The molecule has 0 N–H and O–H groups in total. The molecular weight excluding hydrogens is 264 g/mol. The van der Waals surface area contributed by atoms with Crippen LogP contribution in [0.1, 0.15) is 91.9 Å². The first-order valence-corrected chi connectivity index (χ1v) is 8.61. The van der Waals surface area contributed by atoms with Crippen molar-refractivity contribution in [1.29, 1.82) is 0 Å². The molecule has 0 saturated heterocycles. The molecule has 0 aromatic heterocycles. The van der Waals surface area contributed by atoms with Crippen LogP contribution in [0.4, 0.5) is 0 Å². The maximum atomic E-state index is 10.2. The normalized spacial score (nSPS) is 9.90. The quantitative estimate of drug-likeness (QED) is 0.444. The average molecular weight is 300 g/mol. The summed E-state index contributed by atoms with van der Waals surface area (Å²) in [5.41, 5.74) is 0. The number of unbranched alkanes of at least 4 members (excludes halogenated alkanes) is 6. The van der Waals surface area contributed by atoms with Gasteiger partial charge in [0, 0.05) is 26.1 Å². The lowest BCUT2D eigenvalue weighted by molar-refractivity contribution is -0.122. The van der Waals surface area contributed by atoms with Crippen molar-refractivity contribution in [2.45, 2.75) is 91.9 Å². The molecule has 0 saturated carbocycles. The van der Waals surface area contributed by atoms with E-state index >= 15 is 0 Å². The first kappa shape index (κ1) is 22.6. The molecule has 3 nitrogen and oxygen atoms in total. The molecule has 0 unspecified atom stereocenters. The number of carbonyl (C=O) groups excluding carboxylic acids is 2. The zero-order chi connectivity index (χ0) is 16.3. The van der Waals surface area contributed by atoms with E-state index in [9.17, 15) is 9.59 Å². The van der Waals surface area contributed by atoms with Crippen LogP contribution in [-0.2, 0) is 14.3 Å². The third-order valence-corrected chi connectivity index (χ3v) is 3.11. The minimum atomic E-state index is 0.0835. The fraction of sp³-hybridized carbons (Fsp3) is 0.889. The highest BCUT2D eigenvalue weighted by Crippen LogP contribution is 2.01. The Labute approximate surface area is 131 Å². The third kappa shape index (κ3) is 28.2. The summed E-state index contributed by atoms with van der Waals surface area (Å²) in [6.07, 6.45) is 11.3. The summed E-state index contributed by atoms with van der Waals surface area (Å²) in [7, 11) is 0. The van der Waals surface area contributed by atoms with Gasteiger partial charge in [-0.2, -0.15) is 0 Å². The predicted octanol–water partition coefficient (Wildman–Crippen LogP) is 5.11. The molecule has 21 heavy (non-hydrogen) atoms. The van der Waals surface area contributed by atoms with E-state index in [4.69, 9.17) is 4.74 Å². The van der Waals surface area contributed by atoms with E-state index < -0.39 is 0 Å². The molecule has 0 radical (unpaired) electrons. The van der Waals surface area contributed by atoms with Gasteiger partial charge in [-0.05, 0) is 26.7 Å². The van der Waals surface area contributed by atoms with Gasteiger partial charge in [0.15, 0.2) is 0 Å². The van der Waals surface area contributed by atoms with Gasteiger partial charge in [-0.25, -0.2) is 0 Å². The Balaban J connectivity index is 0. The van der Waals surface area contributed by atoms with Crippen LogP contribution < -0.4 is 0 Å². The van der Waals surface area contributed by atoms with Gasteiger partial charge in [-0.15, -0.1) is 0 Å². The summed E-state index contributed by atoms with van der Waals surface area (Å²) in [5, 5.41) is 0. The van der Waals surface area contributed by atoms with E-state index in [1.54, 1.807) is 0 Å². The smallest absolute Gasteiger partial charge is 0.130 e. The predicted molar refractivity (Wildman–Crippen MR) is 89.7 cm³/mol. The second kappa shape index (κ2) is 19.3. The minimum absolute atomic E-state index is 0.0835. The summed E-state index contributed by atoms with van der Waals surface area (Å²) in [6, 6.07) is 0. The lowest BCUT2D eigenvalue weighted by Crippen LogP contribution is -1.96. The summed E-state index contributed by atoms with van der Waals surface area (Å²) >= 11 is 0. The van der Waals surface area contributed by atoms with E-state index in [2.05, 4.69) is 13.8 Å². The molecule has 3 heteroatoms. The van der Waals surface area contributed by atoms with Crippen LogP contribution in [0.2, 0.25) is 0 Å². The van der Waals surface area contributed by atoms with E-state index in [0.29, 0.717) is 12.8 Å². The highest BCUT2D eigenvalue weighted by atomic mass is 16.5. The molecule has 0 aliphatic rings. The van der Waals surface area contributed by atoms with Crippen LogP contribution >= 0.6 is 0 Å². The SMILES string of the molecule is CC(=O)CCC(C)=O.CCCCCCOCCCCCC. The van der Waals surface area contributed by atoms with Gasteiger partial charge in [0.05, 0.1) is 0 Å². The van der Waals surface area contributed by atoms with Crippen LogP contribution in [-0.4, -0.2) is 24.8 Å². The van der Waals surface area contributed by atoms with Gasteiger partial charge < -0.3 is 14.3 Å². The van der Waals surface area contributed by atoms with Crippen molar-refractivity contribution in [3.8, 4) is 0 Å². The van der Waals surface area contributed by atoms with E-state index in [1.165, 1.54) is 65.2 Å². The zero-order valence-electron chi connectivity index (χ0n) is 14.7. The molecule has 0 aliphatic heterocycles. The first-order chi connectivity index (χ1) is 10.0. The van der Waals surface area contributed by atoms with E-state index in [1.807, 2.05) is 0 Å². The number of ether oxygens (including phenoxy) is 1. The Morgan fingerprint density at radius 3 is 1.33 bits per heavy atom. The lowest BCUT2D eigenvalue weighted by atomic mass is 10.2. The van der Waals surface area contributed by atoms with Crippen LogP contribution in [0.5, 0.6) is 0 Å². The Morgan fingerprint density at radius 2 is 1.05 bits per heavy atom. The summed E-state index contributed by atoms with van der Waals surface area (Å²) in [4.78, 5) is 20.4. The highest BCUT2D eigenvalue weighted by molar-refractivity contribution is 5.83. The minimum Gasteiger partial charge on any atom is -0.381 e. The molecule has 0 heterocycles. The van der Waals surface area contributed by atoms with Gasteiger partial charge in [-0.1, -0.05) is 52.4 Å². The van der Waals surface area contributed by atoms with E-state index in [0.717, 1.165) is 13.2 Å². The fourth-order valence-electron chi connectivity index (χ4n) is 1.72. The number of carbonyl (C=O) groups is 2. The fourth-order valence-corrected chi connectivity index (χ4v) is 1.72. The molecule has 0 aromatic rings. The maximum Gasteiger partial charge on any atom is 0.130 e. The van der Waals surface area contributed by atoms with Crippen molar-refractivity contribution in [1.82, 2.24) is 0 Å². The number of hydrogen-bond acceptors (Lipinski definition) is 3. The van der Waals surface area contributed by atoms with Crippen LogP contribution in [0.25, 0.3) is 0 Å². The maximum absolute atomic E-state index is 10.2. The Bertz CT molecular complexity index is 213. The number of Topliss-reactive ketones (excluding diaryl/α,β-unsaturated/α-hetero) is 2. The van der Waals surface area contributed by atoms with Crippen molar-refractivity contribution in [2.24, 2.45) is 0 Å². The average Bonchev–Trinajstić information content (AvgIpc) is 2.44.